The van der Waals surface area contributed by atoms with Crippen molar-refractivity contribution in [2.45, 2.75) is 26.1 Å². The fourth-order valence-corrected chi connectivity index (χ4v) is 3.55. The van der Waals surface area contributed by atoms with Crippen LogP contribution in [0.2, 0.25) is 0 Å². The van der Waals surface area contributed by atoms with Gasteiger partial charge < -0.3 is 30.4 Å². The maximum atomic E-state index is 12.9. The summed E-state index contributed by atoms with van der Waals surface area (Å²) in [6, 6.07) is 21.1. The first-order chi connectivity index (χ1) is 18.4. The van der Waals surface area contributed by atoms with Gasteiger partial charge in [-0.15, -0.1) is 0 Å². The van der Waals surface area contributed by atoms with Crippen LogP contribution in [0.5, 0.6) is 5.75 Å². The summed E-state index contributed by atoms with van der Waals surface area (Å²) in [5, 5.41) is 14.4. The maximum absolute atomic E-state index is 12.9. The number of carbonyl (C=O) groups is 2. The smallest absolute Gasteiger partial charge is 0.412 e. The number of nitrogens with two attached hydrogens (primary N) is 1. The lowest BCUT2D eigenvalue weighted by Crippen LogP contribution is -2.28. The molecule has 0 saturated heterocycles. The van der Waals surface area contributed by atoms with Crippen molar-refractivity contribution in [3.8, 4) is 5.75 Å². The van der Waals surface area contributed by atoms with E-state index in [1.165, 1.54) is 12.2 Å². The number of nitrogen functional groups attached to an aromatic ring is 1. The lowest BCUT2D eigenvalue weighted by molar-refractivity contribution is -0.112. The fraction of sp³-hybridized carbons (Fsp3) is 0.241. The zero-order valence-corrected chi connectivity index (χ0v) is 21.4. The molecular weight excluding hydrogens is 486 g/mol. The van der Waals surface area contributed by atoms with E-state index in [1.807, 2.05) is 19.1 Å². The molecule has 0 saturated carbocycles. The molecule has 5 N–H and O–H groups in total. The Morgan fingerprint density at radius 1 is 1.00 bits per heavy atom. The van der Waals surface area contributed by atoms with Crippen molar-refractivity contribution in [3.63, 3.8) is 0 Å². The van der Waals surface area contributed by atoms with E-state index in [0.29, 0.717) is 35.0 Å². The Bertz CT molecular complexity index is 1210. The van der Waals surface area contributed by atoms with E-state index in [0.717, 1.165) is 5.56 Å². The maximum Gasteiger partial charge on any atom is 0.412 e. The molecule has 0 aliphatic heterocycles. The van der Waals surface area contributed by atoms with E-state index in [-0.39, 0.29) is 13.2 Å². The molecule has 3 rings (SSSR count). The van der Waals surface area contributed by atoms with E-state index >= 15 is 0 Å². The Labute approximate surface area is 222 Å². The Hall–Kier alpha value is -4.34. The summed E-state index contributed by atoms with van der Waals surface area (Å²) in [5.41, 5.74) is 9.10. The van der Waals surface area contributed by atoms with Crippen LogP contribution in [0.25, 0.3) is 0 Å². The highest BCUT2D eigenvalue weighted by molar-refractivity contribution is 6.01. The first-order valence-electron chi connectivity index (χ1n) is 12.2. The van der Waals surface area contributed by atoms with Gasteiger partial charge in [0.25, 0.3) is 0 Å². The number of nitrogens with one attached hydrogen (secondary N) is 2. The Morgan fingerprint density at radius 2 is 1.71 bits per heavy atom. The SMILES string of the molecule is CCO[C@H](/C=C/C(=O)Nc1ccccc1N)[C@H](OC(=O)Nc1ccc(C)cc1)c1ccc(OCCO)cc1. The largest absolute Gasteiger partial charge is 0.491 e. The van der Waals surface area contributed by atoms with Crippen LogP contribution in [0.3, 0.4) is 0 Å². The molecule has 0 fully saturated rings. The predicted octanol–water partition coefficient (Wildman–Crippen LogP) is 4.84. The number of ether oxygens (including phenoxy) is 3. The molecule has 0 radical (unpaired) electrons. The van der Waals surface area contributed by atoms with Crippen LogP contribution in [-0.2, 0) is 14.3 Å². The van der Waals surface area contributed by atoms with Crippen molar-refractivity contribution in [2.75, 3.05) is 36.2 Å². The van der Waals surface area contributed by atoms with Crippen molar-refractivity contribution in [3.05, 3.63) is 96.1 Å². The lowest BCUT2D eigenvalue weighted by Gasteiger charge is -2.25. The van der Waals surface area contributed by atoms with Crippen molar-refractivity contribution in [1.29, 1.82) is 0 Å². The van der Waals surface area contributed by atoms with Crippen LogP contribution in [-0.4, -0.2) is 43.0 Å². The van der Waals surface area contributed by atoms with Crippen LogP contribution < -0.4 is 21.1 Å². The normalized spacial score (nSPS) is 12.5. The average molecular weight is 520 g/mol. The molecule has 2 atom stereocenters. The summed E-state index contributed by atoms with van der Waals surface area (Å²) in [7, 11) is 0. The van der Waals surface area contributed by atoms with Gasteiger partial charge in [0.15, 0.2) is 6.10 Å². The summed E-state index contributed by atoms with van der Waals surface area (Å²) in [5.74, 6) is 0.136. The number of para-hydroxylation sites is 2. The molecule has 0 unspecified atom stereocenters. The second-order valence-corrected chi connectivity index (χ2v) is 8.31. The Kier molecular flexibility index (Phi) is 10.7. The minimum absolute atomic E-state index is 0.111. The molecule has 0 aromatic heterocycles. The number of anilines is 3. The highest BCUT2D eigenvalue weighted by Gasteiger charge is 2.26. The van der Waals surface area contributed by atoms with Crippen LogP contribution >= 0.6 is 0 Å². The standard InChI is InChI=1S/C29H33N3O6/c1-3-36-26(16-17-27(34)32-25-7-5-4-6-24(25)30)28(21-10-14-23(15-11-21)37-19-18-33)38-29(35)31-22-12-8-20(2)9-13-22/h4-17,26,28,33H,3,18-19,30H2,1-2H3,(H,31,35)(H,32,34)/b17-16+/t26-,28-/m1/s1. The first kappa shape index (κ1) is 28.2. The Morgan fingerprint density at radius 3 is 2.37 bits per heavy atom. The van der Waals surface area contributed by atoms with Gasteiger partial charge in [0.05, 0.1) is 18.0 Å². The summed E-state index contributed by atoms with van der Waals surface area (Å²) in [6.07, 6.45) is 0.501. The minimum atomic E-state index is -0.891. The third-order valence-corrected chi connectivity index (χ3v) is 5.41. The zero-order valence-electron chi connectivity index (χ0n) is 21.4. The van der Waals surface area contributed by atoms with Gasteiger partial charge in [-0.1, -0.05) is 42.0 Å². The second kappa shape index (κ2) is 14.4. The molecule has 0 aliphatic carbocycles. The number of aliphatic hydroxyl groups excluding tert-OH is 1. The second-order valence-electron chi connectivity index (χ2n) is 8.31. The number of rotatable bonds is 12. The molecular formula is C29H33N3O6. The zero-order chi connectivity index (χ0) is 27.3. The van der Waals surface area contributed by atoms with Gasteiger partial charge in [-0.25, -0.2) is 4.79 Å². The Balaban J connectivity index is 1.82. The molecule has 200 valence electrons. The molecule has 0 heterocycles. The van der Waals surface area contributed by atoms with Crippen molar-refractivity contribution < 1.29 is 28.9 Å². The van der Waals surface area contributed by atoms with Crippen molar-refractivity contribution in [2.24, 2.45) is 0 Å². The highest BCUT2D eigenvalue weighted by atomic mass is 16.6. The van der Waals surface area contributed by atoms with E-state index < -0.39 is 24.2 Å². The number of benzene rings is 3. The van der Waals surface area contributed by atoms with Gasteiger partial charge in [0.2, 0.25) is 5.91 Å². The average Bonchev–Trinajstić information content (AvgIpc) is 2.91. The summed E-state index contributed by atoms with van der Waals surface area (Å²) < 4.78 is 17.1. The number of hydrogen-bond donors (Lipinski definition) is 4. The van der Waals surface area contributed by atoms with Crippen LogP contribution in [0, 0.1) is 6.92 Å². The fourth-order valence-electron chi connectivity index (χ4n) is 3.55. The predicted molar refractivity (Wildman–Crippen MR) is 147 cm³/mol. The number of aryl methyl sites for hydroxylation is 1. The van der Waals surface area contributed by atoms with Gasteiger partial charge in [-0.3, -0.25) is 10.1 Å². The molecule has 2 amide bonds. The van der Waals surface area contributed by atoms with Gasteiger partial charge in [0.1, 0.15) is 18.5 Å². The van der Waals surface area contributed by atoms with Crippen LogP contribution in [0.4, 0.5) is 21.9 Å². The lowest BCUT2D eigenvalue weighted by atomic mass is 10.0. The number of aliphatic hydroxyl groups is 1. The molecule has 0 bridgehead atoms. The summed E-state index contributed by atoms with van der Waals surface area (Å²) in [4.78, 5) is 25.5. The first-order valence-corrected chi connectivity index (χ1v) is 12.2. The van der Waals surface area contributed by atoms with Gasteiger partial charge >= 0.3 is 6.09 Å². The molecule has 3 aromatic rings. The van der Waals surface area contributed by atoms with Crippen LogP contribution in [0.1, 0.15) is 24.2 Å². The van der Waals surface area contributed by atoms with E-state index in [2.05, 4.69) is 10.6 Å². The number of hydrogen-bond acceptors (Lipinski definition) is 7. The molecule has 0 spiro atoms. The van der Waals surface area contributed by atoms with Gasteiger partial charge in [-0.2, -0.15) is 0 Å². The number of carbonyl (C=O) groups excluding carboxylic acids is 2. The van der Waals surface area contributed by atoms with Gasteiger partial charge in [-0.05, 0) is 61.9 Å². The summed E-state index contributed by atoms with van der Waals surface area (Å²) in [6.45, 7) is 4.11. The van der Waals surface area contributed by atoms with E-state index in [1.54, 1.807) is 67.6 Å². The molecule has 9 heteroatoms. The third-order valence-electron chi connectivity index (χ3n) is 5.41. The topological polar surface area (TPSA) is 132 Å². The molecule has 3 aromatic carbocycles. The monoisotopic (exact) mass is 519 g/mol. The van der Waals surface area contributed by atoms with Crippen molar-refractivity contribution in [1.82, 2.24) is 0 Å². The minimum Gasteiger partial charge on any atom is -0.491 e. The van der Waals surface area contributed by atoms with Crippen LogP contribution in [0.15, 0.2) is 84.9 Å². The molecule has 9 nitrogen and oxygen atoms in total. The molecule has 0 aliphatic rings. The van der Waals surface area contributed by atoms with Crippen molar-refractivity contribution >= 4 is 29.1 Å². The highest BCUT2D eigenvalue weighted by Crippen LogP contribution is 2.28. The quantitative estimate of drug-likeness (QED) is 0.199. The molecule has 38 heavy (non-hydrogen) atoms. The van der Waals surface area contributed by atoms with Gasteiger partial charge in [0, 0.05) is 18.4 Å². The summed E-state index contributed by atoms with van der Waals surface area (Å²) >= 11 is 0. The number of amides is 2. The third kappa shape index (κ3) is 8.65. The van der Waals surface area contributed by atoms with E-state index in [9.17, 15) is 9.59 Å². The van der Waals surface area contributed by atoms with E-state index in [4.69, 9.17) is 25.1 Å².